The largest absolute Gasteiger partial charge is 0.467 e. The summed E-state index contributed by atoms with van der Waals surface area (Å²) >= 11 is 0. The Kier molecular flexibility index (Phi) is 7.13. The molecule has 6 nitrogen and oxygen atoms in total. The summed E-state index contributed by atoms with van der Waals surface area (Å²) in [4.78, 5) is 38.7. The third-order valence-electron chi connectivity index (χ3n) is 7.57. The third kappa shape index (κ3) is 5.38. The van der Waals surface area contributed by atoms with Gasteiger partial charge in [0.1, 0.15) is 6.04 Å². The fourth-order valence-corrected chi connectivity index (χ4v) is 5.10. The molecule has 0 fully saturated rings. The summed E-state index contributed by atoms with van der Waals surface area (Å²) in [6.07, 6.45) is 2.40. The van der Waals surface area contributed by atoms with Crippen LogP contribution in [0.25, 0.3) is 0 Å². The lowest BCUT2D eigenvalue weighted by Gasteiger charge is -2.42. The average molecular weight is 502 g/mol. The number of rotatable bonds is 7. The predicted octanol–water partition coefficient (Wildman–Crippen LogP) is 5.68. The number of hydrogen-bond donors (Lipinski definition) is 1. The number of benzene rings is 2. The number of amides is 1. The number of fused-ring (bicyclic) bond motifs is 1. The fourth-order valence-electron chi connectivity index (χ4n) is 5.10. The van der Waals surface area contributed by atoms with Crippen molar-refractivity contribution in [3.05, 3.63) is 93.9 Å². The number of nitrogens with one attached hydrogen (secondary N) is 1. The van der Waals surface area contributed by atoms with Gasteiger partial charge in [-0.25, -0.2) is 4.79 Å². The van der Waals surface area contributed by atoms with Gasteiger partial charge in [-0.05, 0) is 71.0 Å². The lowest BCUT2D eigenvalue weighted by Crippen LogP contribution is -2.43. The van der Waals surface area contributed by atoms with Crippen molar-refractivity contribution in [2.24, 2.45) is 0 Å². The van der Waals surface area contributed by atoms with Gasteiger partial charge < -0.3 is 14.5 Å². The second-order valence-corrected chi connectivity index (χ2v) is 11.2. The summed E-state index contributed by atoms with van der Waals surface area (Å²) in [5.74, 6) is -1.38. The highest BCUT2D eigenvalue weighted by Crippen LogP contribution is 2.46. The van der Waals surface area contributed by atoms with Crippen molar-refractivity contribution in [1.82, 2.24) is 5.32 Å². The molecule has 1 aliphatic rings. The minimum absolute atomic E-state index is 0.0382. The summed E-state index contributed by atoms with van der Waals surface area (Å²) < 4.78 is 10.6. The van der Waals surface area contributed by atoms with Crippen molar-refractivity contribution in [3.63, 3.8) is 0 Å². The Balaban J connectivity index is 1.57. The number of methoxy groups -OCH3 is 1. The summed E-state index contributed by atoms with van der Waals surface area (Å²) in [5, 5.41) is 2.68. The summed E-state index contributed by atoms with van der Waals surface area (Å²) in [6, 6.07) is 15.6. The van der Waals surface area contributed by atoms with Crippen LogP contribution in [-0.2, 0) is 26.8 Å². The maximum absolute atomic E-state index is 13.5. The van der Waals surface area contributed by atoms with E-state index in [1.807, 2.05) is 43.3 Å². The first kappa shape index (κ1) is 26.4. The highest BCUT2D eigenvalue weighted by atomic mass is 16.5. The average Bonchev–Trinajstić information content (AvgIpc) is 3.36. The fraction of sp³-hybridized carbons (Fsp3) is 0.387. The van der Waals surface area contributed by atoms with E-state index in [9.17, 15) is 14.4 Å². The lowest BCUT2D eigenvalue weighted by molar-refractivity contribution is -0.142. The number of carbonyl (C=O) groups excluding carboxylic acids is 3. The van der Waals surface area contributed by atoms with Crippen LogP contribution in [-0.4, -0.2) is 30.8 Å². The molecule has 0 aliphatic heterocycles. The molecule has 1 heterocycles. The molecule has 4 rings (SSSR count). The molecule has 0 spiro atoms. The van der Waals surface area contributed by atoms with E-state index >= 15 is 0 Å². The molecule has 1 aliphatic carbocycles. The lowest BCUT2D eigenvalue weighted by atomic mass is 9.62. The van der Waals surface area contributed by atoms with Gasteiger partial charge in [0.25, 0.3) is 5.91 Å². The first-order chi connectivity index (χ1) is 17.4. The zero-order chi connectivity index (χ0) is 27.0. The van der Waals surface area contributed by atoms with Crippen LogP contribution in [0.3, 0.4) is 0 Å². The molecule has 6 heteroatoms. The SMILES string of the molecule is COC(=O)[C@H](Cc1ccccc1)NC(=O)c1ccc(C(=O)c2cc3c(cc2C)C(C)(C)CCC3(C)C)o1. The number of esters is 1. The Bertz CT molecular complexity index is 1330. The van der Waals surface area contributed by atoms with Gasteiger partial charge in [0.2, 0.25) is 5.78 Å². The maximum Gasteiger partial charge on any atom is 0.328 e. The van der Waals surface area contributed by atoms with Crippen LogP contribution in [0.15, 0.2) is 59.0 Å². The zero-order valence-corrected chi connectivity index (χ0v) is 22.4. The molecule has 0 saturated heterocycles. The van der Waals surface area contributed by atoms with Gasteiger partial charge in [-0.3, -0.25) is 9.59 Å². The minimum atomic E-state index is -0.891. The van der Waals surface area contributed by atoms with Gasteiger partial charge in [0, 0.05) is 12.0 Å². The normalized spacial score (nSPS) is 16.4. The Labute approximate surface area is 218 Å². The van der Waals surface area contributed by atoms with E-state index in [1.54, 1.807) is 0 Å². The number of ketones is 1. The Morgan fingerprint density at radius 3 is 2.14 bits per heavy atom. The standard InChI is InChI=1S/C31H35NO5/c1-19-16-22-23(31(4,5)15-14-30(22,2)3)18-21(19)27(33)25-12-13-26(37-25)28(34)32-24(29(35)36-6)17-20-10-8-7-9-11-20/h7-13,16,18,24H,14-15,17H2,1-6H3,(H,32,34)/t24-/m0/s1. The number of furan rings is 1. The molecular formula is C31H35NO5. The molecule has 1 N–H and O–H groups in total. The maximum atomic E-state index is 13.5. The monoisotopic (exact) mass is 501 g/mol. The number of hydrogen-bond acceptors (Lipinski definition) is 5. The quantitative estimate of drug-likeness (QED) is 0.332. The van der Waals surface area contributed by atoms with Gasteiger partial charge >= 0.3 is 5.97 Å². The summed E-state index contributed by atoms with van der Waals surface area (Å²) in [7, 11) is 1.28. The van der Waals surface area contributed by atoms with Gasteiger partial charge in [0.15, 0.2) is 11.5 Å². The second-order valence-electron chi connectivity index (χ2n) is 11.2. The Morgan fingerprint density at radius 1 is 0.919 bits per heavy atom. The molecule has 194 valence electrons. The highest BCUT2D eigenvalue weighted by Gasteiger charge is 2.38. The molecule has 0 unspecified atom stereocenters. The first-order valence-corrected chi connectivity index (χ1v) is 12.7. The van der Waals surface area contributed by atoms with Crippen LogP contribution in [0.2, 0.25) is 0 Å². The van der Waals surface area contributed by atoms with Crippen LogP contribution in [0.5, 0.6) is 0 Å². The highest BCUT2D eigenvalue weighted by molar-refractivity contribution is 6.09. The molecule has 3 aromatic rings. The van der Waals surface area contributed by atoms with Crippen LogP contribution < -0.4 is 5.32 Å². The molecule has 1 atom stereocenters. The minimum Gasteiger partial charge on any atom is -0.467 e. The molecule has 1 aromatic heterocycles. The van der Waals surface area contributed by atoms with Crippen LogP contribution in [0.4, 0.5) is 0 Å². The van der Waals surface area contributed by atoms with Crippen LogP contribution >= 0.6 is 0 Å². The van der Waals surface area contributed by atoms with E-state index in [-0.39, 0.29) is 34.6 Å². The van der Waals surface area contributed by atoms with Gasteiger partial charge in [0.05, 0.1) is 7.11 Å². The predicted molar refractivity (Wildman–Crippen MR) is 142 cm³/mol. The van der Waals surface area contributed by atoms with E-state index < -0.39 is 17.9 Å². The van der Waals surface area contributed by atoms with E-state index in [1.165, 1.54) is 30.4 Å². The van der Waals surface area contributed by atoms with Gasteiger partial charge in [-0.1, -0.05) is 64.1 Å². The smallest absolute Gasteiger partial charge is 0.328 e. The van der Waals surface area contributed by atoms with E-state index in [0.29, 0.717) is 5.56 Å². The Morgan fingerprint density at radius 2 is 1.51 bits per heavy atom. The Hall–Kier alpha value is -3.67. The van der Waals surface area contributed by atoms with Crippen LogP contribution in [0, 0.1) is 6.92 Å². The molecular weight excluding hydrogens is 466 g/mol. The molecule has 0 radical (unpaired) electrons. The van der Waals surface area contributed by atoms with Crippen molar-refractivity contribution in [2.75, 3.05) is 7.11 Å². The number of ether oxygens (including phenoxy) is 1. The topological polar surface area (TPSA) is 85.6 Å². The molecule has 0 saturated carbocycles. The molecule has 1 amide bonds. The van der Waals surface area contributed by atoms with Crippen molar-refractivity contribution in [2.45, 2.75) is 70.8 Å². The van der Waals surface area contributed by atoms with Crippen molar-refractivity contribution in [3.8, 4) is 0 Å². The second kappa shape index (κ2) is 10.0. The van der Waals surface area contributed by atoms with E-state index in [0.717, 1.165) is 24.0 Å². The van der Waals surface area contributed by atoms with Crippen LogP contribution in [0.1, 0.15) is 89.5 Å². The summed E-state index contributed by atoms with van der Waals surface area (Å²) in [6.45, 7) is 10.9. The molecule has 37 heavy (non-hydrogen) atoms. The van der Waals surface area contributed by atoms with Gasteiger partial charge in [-0.2, -0.15) is 0 Å². The van der Waals surface area contributed by atoms with Gasteiger partial charge in [-0.15, -0.1) is 0 Å². The first-order valence-electron chi connectivity index (χ1n) is 12.7. The molecule has 2 aromatic carbocycles. The van der Waals surface area contributed by atoms with Crippen molar-refractivity contribution in [1.29, 1.82) is 0 Å². The van der Waals surface area contributed by atoms with Crippen molar-refractivity contribution < 1.29 is 23.5 Å². The van der Waals surface area contributed by atoms with E-state index in [4.69, 9.17) is 9.15 Å². The zero-order valence-electron chi connectivity index (χ0n) is 22.4. The number of aryl methyl sites for hydroxylation is 1. The third-order valence-corrected chi connectivity index (χ3v) is 7.57. The van der Waals surface area contributed by atoms with E-state index in [2.05, 4.69) is 39.1 Å². The number of carbonyl (C=O) groups is 3. The van der Waals surface area contributed by atoms with Crippen molar-refractivity contribution >= 4 is 17.7 Å². The summed E-state index contributed by atoms with van der Waals surface area (Å²) in [5.41, 5.74) is 4.80. The molecule has 0 bridgehead atoms.